The van der Waals surface area contributed by atoms with Gasteiger partial charge in [-0.1, -0.05) is 60.7 Å². The van der Waals surface area contributed by atoms with Crippen LogP contribution >= 0.6 is 0 Å². The second-order valence-corrected chi connectivity index (χ2v) is 7.15. The molecule has 4 rings (SSSR count). The fourth-order valence-electron chi connectivity index (χ4n) is 3.35. The van der Waals surface area contributed by atoms with Crippen LogP contribution < -0.4 is 5.73 Å². The van der Waals surface area contributed by atoms with Gasteiger partial charge in [0.2, 0.25) is 0 Å². The highest BCUT2D eigenvalue weighted by Gasteiger charge is 2.10. The summed E-state index contributed by atoms with van der Waals surface area (Å²) in [6.45, 7) is 0.146. The number of phenols is 1. The third-order valence-corrected chi connectivity index (χ3v) is 5.00. The van der Waals surface area contributed by atoms with Gasteiger partial charge >= 0.3 is 6.09 Å². The molecule has 0 aliphatic heterocycles. The van der Waals surface area contributed by atoms with Crippen LogP contribution in [-0.4, -0.2) is 17.0 Å². The molecular formula is C25H22N2O4. The number of amides is 1. The van der Waals surface area contributed by atoms with Crippen LogP contribution in [0.5, 0.6) is 5.75 Å². The average molecular weight is 414 g/mol. The fourth-order valence-corrected chi connectivity index (χ4v) is 3.35. The van der Waals surface area contributed by atoms with Crippen LogP contribution in [0.2, 0.25) is 0 Å². The van der Waals surface area contributed by atoms with E-state index >= 15 is 0 Å². The maximum atomic E-state index is 11.9. The number of phenolic OH excluding ortho intramolecular Hbond substituents is 1. The molecule has 0 aliphatic carbocycles. The van der Waals surface area contributed by atoms with E-state index in [0.29, 0.717) is 11.1 Å². The lowest BCUT2D eigenvalue weighted by Gasteiger charge is -2.05. The van der Waals surface area contributed by atoms with Crippen LogP contribution in [-0.2, 0) is 24.2 Å². The number of rotatable bonds is 6. The van der Waals surface area contributed by atoms with E-state index in [-0.39, 0.29) is 18.2 Å². The van der Waals surface area contributed by atoms with Crippen molar-refractivity contribution in [1.82, 2.24) is 0 Å². The molecule has 1 amide bonds. The van der Waals surface area contributed by atoms with Crippen LogP contribution in [0.4, 0.5) is 4.79 Å². The second kappa shape index (κ2) is 9.17. The lowest BCUT2D eigenvalue weighted by atomic mass is 10.0. The Hall–Kier alpha value is -4.06. The molecule has 0 spiro atoms. The van der Waals surface area contributed by atoms with Gasteiger partial charge in [0, 0.05) is 11.1 Å². The van der Waals surface area contributed by atoms with Crippen molar-refractivity contribution in [2.75, 3.05) is 0 Å². The minimum absolute atomic E-state index is 0.107. The fraction of sp³-hybridized carbons (Fsp3) is 0.120. The highest BCUT2D eigenvalue weighted by molar-refractivity contribution is 6.02. The van der Waals surface area contributed by atoms with Crippen molar-refractivity contribution in [3.05, 3.63) is 101 Å². The smallest absolute Gasteiger partial charge is 0.435 e. The summed E-state index contributed by atoms with van der Waals surface area (Å²) in [5.41, 5.74) is 10.2. The Morgan fingerprint density at radius 2 is 1.71 bits per heavy atom. The van der Waals surface area contributed by atoms with Gasteiger partial charge < -0.3 is 20.0 Å². The Labute approximate surface area is 179 Å². The van der Waals surface area contributed by atoms with Gasteiger partial charge in [-0.15, -0.1) is 0 Å². The molecule has 1 aromatic heterocycles. The number of hydrogen-bond donors (Lipinski definition) is 2. The van der Waals surface area contributed by atoms with Crippen molar-refractivity contribution in [2.45, 2.75) is 19.4 Å². The minimum Gasteiger partial charge on any atom is -0.507 e. The largest absolute Gasteiger partial charge is 0.507 e. The first kappa shape index (κ1) is 20.2. The number of benzene rings is 3. The zero-order valence-corrected chi connectivity index (χ0v) is 16.8. The van der Waals surface area contributed by atoms with E-state index in [2.05, 4.69) is 4.99 Å². The minimum atomic E-state index is -0.725. The number of nitrogens with two attached hydrogens (primary N) is 1. The number of aromatic hydroxyl groups is 1. The van der Waals surface area contributed by atoms with Crippen LogP contribution in [0.25, 0.3) is 11.0 Å². The molecule has 31 heavy (non-hydrogen) atoms. The topological polar surface area (TPSA) is 98.0 Å². The predicted molar refractivity (Wildman–Crippen MR) is 119 cm³/mol. The lowest BCUT2D eigenvalue weighted by molar-refractivity contribution is 0.151. The summed E-state index contributed by atoms with van der Waals surface area (Å²) >= 11 is 0. The highest BCUT2D eigenvalue weighted by Crippen LogP contribution is 2.30. The van der Waals surface area contributed by atoms with Crippen molar-refractivity contribution in [3.63, 3.8) is 0 Å². The molecule has 6 heteroatoms. The van der Waals surface area contributed by atoms with Gasteiger partial charge in [-0.2, -0.15) is 4.99 Å². The molecule has 0 saturated heterocycles. The number of ether oxygens (including phenoxy) is 1. The summed E-state index contributed by atoms with van der Waals surface area (Å²) in [5, 5.41) is 10.8. The van der Waals surface area contributed by atoms with Crippen molar-refractivity contribution in [3.8, 4) is 5.75 Å². The van der Waals surface area contributed by atoms with Gasteiger partial charge in [0.1, 0.15) is 23.8 Å². The Balaban J connectivity index is 1.35. The van der Waals surface area contributed by atoms with Crippen LogP contribution in [0.15, 0.2) is 88.5 Å². The summed E-state index contributed by atoms with van der Waals surface area (Å²) in [7, 11) is 0. The number of aryl methyl sites for hydroxylation is 2. The number of nitrogens with zero attached hydrogens (tertiary/aromatic N) is 1. The SMILES string of the molecule is NC(=NC(=O)OCc1ccccc1)c1ccc(CCc2coc3cccc(O)c23)cc1. The van der Waals surface area contributed by atoms with Crippen LogP contribution in [0.1, 0.15) is 22.3 Å². The Bertz CT molecular complexity index is 1210. The van der Waals surface area contributed by atoms with E-state index in [0.717, 1.165) is 34.9 Å². The van der Waals surface area contributed by atoms with E-state index in [9.17, 15) is 9.90 Å². The van der Waals surface area contributed by atoms with Crippen molar-refractivity contribution < 1.29 is 19.1 Å². The van der Waals surface area contributed by atoms with Crippen LogP contribution in [0, 0.1) is 0 Å². The Kier molecular flexibility index (Phi) is 5.98. The maximum absolute atomic E-state index is 11.9. The summed E-state index contributed by atoms with van der Waals surface area (Å²) in [5.74, 6) is 0.329. The molecule has 0 bridgehead atoms. The third kappa shape index (κ3) is 4.93. The maximum Gasteiger partial charge on any atom is 0.435 e. The number of carbonyl (C=O) groups is 1. The van der Waals surface area contributed by atoms with Crippen molar-refractivity contribution >= 4 is 22.9 Å². The van der Waals surface area contributed by atoms with Gasteiger partial charge in [-0.3, -0.25) is 0 Å². The van der Waals surface area contributed by atoms with E-state index in [1.54, 1.807) is 18.4 Å². The molecule has 3 aromatic carbocycles. The Morgan fingerprint density at radius 3 is 2.48 bits per heavy atom. The molecule has 6 nitrogen and oxygen atoms in total. The van der Waals surface area contributed by atoms with E-state index in [1.165, 1.54) is 0 Å². The lowest BCUT2D eigenvalue weighted by Crippen LogP contribution is -2.16. The molecule has 1 heterocycles. The number of fused-ring (bicyclic) bond motifs is 1. The zero-order valence-electron chi connectivity index (χ0n) is 16.8. The van der Waals surface area contributed by atoms with E-state index in [1.807, 2.05) is 60.7 Å². The van der Waals surface area contributed by atoms with Crippen molar-refractivity contribution in [2.24, 2.45) is 10.7 Å². The molecular weight excluding hydrogens is 392 g/mol. The molecule has 156 valence electrons. The summed E-state index contributed by atoms with van der Waals surface area (Å²) < 4.78 is 10.7. The number of carbonyl (C=O) groups excluding carboxylic acids is 1. The first-order chi connectivity index (χ1) is 15.1. The first-order valence-electron chi connectivity index (χ1n) is 9.92. The molecule has 0 radical (unpaired) electrons. The number of amidine groups is 1. The third-order valence-electron chi connectivity index (χ3n) is 5.00. The van der Waals surface area contributed by atoms with Crippen LogP contribution in [0.3, 0.4) is 0 Å². The summed E-state index contributed by atoms with van der Waals surface area (Å²) in [6.07, 6.45) is 2.44. The number of hydrogen-bond acceptors (Lipinski definition) is 4. The normalized spacial score (nSPS) is 11.5. The molecule has 3 N–H and O–H groups in total. The van der Waals surface area contributed by atoms with Crippen molar-refractivity contribution in [1.29, 1.82) is 0 Å². The van der Waals surface area contributed by atoms with Gasteiger partial charge in [0.25, 0.3) is 0 Å². The molecule has 0 atom stereocenters. The van der Waals surface area contributed by atoms with Gasteiger partial charge in [-0.25, -0.2) is 4.79 Å². The van der Waals surface area contributed by atoms with Gasteiger partial charge in [-0.05, 0) is 36.1 Å². The number of furan rings is 1. The standard InChI is InChI=1S/C25H22N2O4/c26-24(27-25(29)31-15-18-5-2-1-3-6-18)19-12-9-17(10-13-19)11-14-20-16-30-22-8-4-7-21(28)23(20)22/h1-10,12-13,16,28H,11,14-15H2,(H2,26,27,29). The first-order valence-corrected chi connectivity index (χ1v) is 9.92. The quantitative estimate of drug-likeness (QED) is 0.343. The highest BCUT2D eigenvalue weighted by atomic mass is 16.5. The summed E-state index contributed by atoms with van der Waals surface area (Å²) in [6, 6.07) is 22.2. The summed E-state index contributed by atoms with van der Waals surface area (Å²) in [4.78, 5) is 15.7. The van der Waals surface area contributed by atoms with E-state index in [4.69, 9.17) is 14.9 Å². The average Bonchev–Trinajstić information content (AvgIpc) is 3.22. The van der Waals surface area contributed by atoms with Gasteiger partial charge in [0.15, 0.2) is 0 Å². The molecule has 0 aliphatic rings. The monoisotopic (exact) mass is 414 g/mol. The second-order valence-electron chi connectivity index (χ2n) is 7.15. The van der Waals surface area contributed by atoms with Gasteiger partial charge in [0.05, 0.1) is 11.6 Å². The molecule has 0 unspecified atom stereocenters. The van der Waals surface area contributed by atoms with E-state index < -0.39 is 6.09 Å². The zero-order chi connectivity index (χ0) is 21.6. The molecule has 0 saturated carbocycles. The number of aliphatic imine (C=N–C) groups is 1. The predicted octanol–water partition coefficient (Wildman–Crippen LogP) is 4.97. The molecule has 0 fully saturated rings. The Morgan fingerprint density at radius 1 is 0.935 bits per heavy atom. The molecule has 4 aromatic rings.